The summed E-state index contributed by atoms with van der Waals surface area (Å²) in [7, 11) is 1.57. The highest BCUT2D eigenvalue weighted by Crippen LogP contribution is 2.60. The topological polar surface area (TPSA) is 66.9 Å². The molecule has 0 radical (unpaired) electrons. The molecule has 3 aromatic carbocycles. The third-order valence-corrected chi connectivity index (χ3v) is 7.59. The molecule has 170 valence electrons. The first-order chi connectivity index (χ1) is 16.5. The average Bonchev–Trinajstić information content (AvgIpc) is 3.12. The number of carbonyl (C=O) groups is 3. The number of benzene rings is 3. The highest BCUT2D eigenvalue weighted by atomic mass is 16.5. The molecule has 0 saturated carbocycles. The molecule has 3 aliphatic carbocycles. The molecule has 1 heterocycles. The molecule has 7 rings (SSSR count). The normalized spacial score (nSPS) is 23.9. The molecule has 1 saturated heterocycles. The van der Waals surface area contributed by atoms with Crippen molar-refractivity contribution in [2.75, 3.05) is 18.7 Å². The number of methoxy groups -OCH3 is 1. The lowest BCUT2D eigenvalue weighted by Gasteiger charge is -2.45. The van der Waals surface area contributed by atoms with E-state index in [1.807, 2.05) is 24.3 Å². The van der Waals surface area contributed by atoms with Gasteiger partial charge in [-0.1, -0.05) is 48.5 Å². The Hall–Kier alpha value is -3.93. The monoisotopic (exact) mass is 452 g/mol. The van der Waals surface area contributed by atoms with Gasteiger partial charge in [-0.05, 0) is 46.5 Å². The highest BCUT2D eigenvalue weighted by molar-refractivity contribution is 6.08. The second kappa shape index (κ2) is 7.55. The highest BCUT2D eigenvalue weighted by Gasteiger charge is 2.61. The summed E-state index contributed by atoms with van der Waals surface area (Å²) in [6.07, 6.45) is 0. The largest absolute Gasteiger partial charge is 0.497 e. The van der Waals surface area contributed by atoms with Crippen molar-refractivity contribution in [2.24, 2.45) is 11.8 Å². The fourth-order valence-electron chi connectivity index (χ4n) is 6.15. The van der Waals surface area contributed by atoms with Crippen molar-refractivity contribution in [1.82, 2.24) is 4.90 Å². The minimum atomic E-state index is -0.452. The maximum Gasteiger partial charge on any atom is 0.235 e. The zero-order valence-corrected chi connectivity index (χ0v) is 19.0. The van der Waals surface area contributed by atoms with Crippen LogP contribution in [0, 0.1) is 11.8 Å². The molecule has 34 heavy (non-hydrogen) atoms. The zero-order valence-electron chi connectivity index (χ0n) is 19.0. The Morgan fingerprint density at radius 2 is 1.24 bits per heavy atom. The van der Waals surface area contributed by atoms with Crippen LogP contribution in [0.4, 0.5) is 5.69 Å². The lowest BCUT2D eigenvalue weighted by molar-refractivity contribution is -0.140. The molecule has 1 fully saturated rings. The predicted octanol–water partition coefficient (Wildman–Crippen LogP) is 3.90. The van der Waals surface area contributed by atoms with Crippen LogP contribution in [-0.2, 0) is 14.4 Å². The molecule has 2 atom stereocenters. The second-order valence-corrected chi connectivity index (χ2v) is 9.16. The van der Waals surface area contributed by atoms with E-state index in [1.54, 1.807) is 31.4 Å². The number of imide groups is 1. The van der Waals surface area contributed by atoms with Crippen LogP contribution in [0.1, 0.15) is 41.0 Å². The van der Waals surface area contributed by atoms with Gasteiger partial charge in [-0.3, -0.25) is 24.2 Å². The third kappa shape index (κ3) is 2.78. The van der Waals surface area contributed by atoms with Crippen LogP contribution < -0.4 is 9.64 Å². The first kappa shape index (κ1) is 20.7. The number of amides is 3. The fraction of sp³-hybridized carbons (Fsp3) is 0.250. The van der Waals surface area contributed by atoms with Crippen LogP contribution in [0.15, 0.2) is 72.8 Å². The summed E-state index contributed by atoms with van der Waals surface area (Å²) in [6, 6.07) is 23.3. The van der Waals surface area contributed by atoms with Crippen LogP contribution in [0.25, 0.3) is 0 Å². The number of rotatable bonds is 4. The van der Waals surface area contributed by atoms with Crippen LogP contribution in [0.3, 0.4) is 0 Å². The summed E-state index contributed by atoms with van der Waals surface area (Å²) in [4.78, 5) is 42.9. The van der Waals surface area contributed by atoms with Gasteiger partial charge in [0.25, 0.3) is 0 Å². The van der Waals surface area contributed by atoms with Gasteiger partial charge in [0.15, 0.2) is 0 Å². The quantitative estimate of drug-likeness (QED) is 0.563. The number of ether oxygens (including phenoxy) is 1. The average molecular weight is 453 g/mol. The van der Waals surface area contributed by atoms with Gasteiger partial charge in [0.05, 0.1) is 18.9 Å². The van der Waals surface area contributed by atoms with Gasteiger partial charge in [0.2, 0.25) is 17.7 Å². The summed E-state index contributed by atoms with van der Waals surface area (Å²) in [5, 5.41) is 0. The minimum Gasteiger partial charge on any atom is -0.497 e. The molecule has 2 bridgehead atoms. The first-order valence-electron chi connectivity index (χ1n) is 11.5. The predicted molar refractivity (Wildman–Crippen MR) is 126 cm³/mol. The molecule has 0 spiro atoms. The fourth-order valence-corrected chi connectivity index (χ4v) is 6.15. The van der Waals surface area contributed by atoms with Crippen LogP contribution in [0.2, 0.25) is 0 Å². The van der Waals surface area contributed by atoms with E-state index in [0.29, 0.717) is 11.4 Å². The lowest BCUT2D eigenvalue weighted by atomic mass is 9.55. The zero-order chi connectivity index (χ0) is 23.6. The molecular formula is C28H24N2O4. The number of anilines is 1. The molecule has 3 aromatic rings. The van der Waals surface area contributed by atoms with Crippen molar-refractivity contribution < 1.29 is 19.1 Å². The Balaban J connectivity index is 1.40. The van der Waals surface area contributed by atoms with E-state index in [4.69, 9.17) is 4.74 Å². The maximum absolute atomic E-state index is 13.8. The van der Waals surface area contributed by atoms with Gasteiger partial charge in [0.1, 0.15) is 12.4 Å². The molecule has 0 unspecified atom stereocenters. The molecule has 0 N–H and O–H groups in total. The number of likely N-dealkylation sites (tertiary alicyclic amines) is 1. The van der Waals surface area contributed by atoms with Gasteiger partial charge in [0, 0.05) is 24.4 Å². The number of hydrogen-bond acceptors (Lipinski definition) is 4. The van der Waals surface area contributed by atoms with Crippen LogP contribution >= 0.6 is 0 Å². The van der Waals surface area contributed by atoms with Gasteiger partial charge in [-0.2, -0.15) is 0 Å². The second-order valence-electron chi connectivity index (χ2n) is 9.16. The lowest BCUT2D eigenvalue weighted by Crippen LogP contribution is -2.44. The maximum atomic E-state index is 13.8. The van der Waals surface area contributed by atoms with Crippen molar-refractivity contribution >= 4 is 23.4 Å². The van der Waals surface area contributed by atoms with Gasteiger partial charge in [-0.15, -0.1) is 0 Å². The van der Waals surface area contributed by atoms with Gasteiger partial charge in [-0.25, -0.2) is 0 Å². The molecule has 1 aliphatic heterocycles. The Kier molecular flexibility index (Phi) is 4.59. The summed E-state index contributed by atoms with van der Waals surface area (Å²) >= 11 is 0. The summed E-state index contributed by atoms with van der Waals surface area (Å²) in [5.74, 6) is -1.19. The van der Waals surface area contributed by atoms with Gasteiger partial charge >= 0.3 is 0 Å². The Bertz CT molecular complexity index is 1220. The summed E-state index contributed by atoms with van der Waals surface area (Å²) in [6.45, 7) is 1.34. The standard InChI is InChI=1S/C28H24N2O4/c1-16(31)29(17-11-13-18(34-2)14-12-17)15-30-27(32)25-23-19-7-3-4-8-20(19)24(26(25)28(30)33)22-10-6-5-9-21(22)23/h3-14,23-26H,15H2,1-2H3/t23?,24?,25-,26+. The van der Waals surface area contributed by atoms with Crippen LogP contribution in [0.5, 0.6) is 5.75 Å². The smallest absolute Gasteiger partial charge is 0.235 e. The van der Waals surface area contributed by atoms with Crippen molar-refractivity contribution in [3.8, 4) is 5.75 Å². The van der Waals surface area contributed by atoms with E-state index in [-0.39, 0.29) is 36.2 Å². The minimum absolute atomic E-state index is 0.0988. The van der Waals surface area contributed by atoms with E-state index in [9.17, 15) is 14.4 Å². The molecular weight excluding hydrogens is 428 g/mol. The number of nitrogens with zero attached hydrogens (tertiary/aromatic N) is 2. The summed E-state index contributed by atoms with van der Waals surface area (Å²) in [5.41, 5.74) is 5.14. The Morgan fingerprint density at radius 3 is 1.62 bits per heavy atom. The van der Waals surface area contributed by atoms with E-state index < -0.39 is 11.8 Å². The number of hydrogen-bond donors (Lipinski definition) is 0. The number of carbonyl (C=O) groups excluding carboxylic acids is 3. The third-order valence-electron chi connectivity index (χ3n) is 7.59. The van der Waals surface area contributed by atoms with Crippen molar-refractivity contribution in [2.45, 2.75) is 18.8 Å². The SMILES string of the molecule is COc1ccc(N(CN2C(=O)[C@@H]3C4c5ccccc5C(c5ccccc54)[C@@H]3C2=O)C(C)=O)cc1. The van der Waals surface area contributed by atoms with E-state index in [2.05, 4.69) is 24.3 Å². The van der Waals surface area contributed by atoms with Crippen LogP contribution in [-0.4, -0.2) is 36.4 Å². The Morgan fingerprint density at radius 1 is 0.794 bits per heavy atom. The van der Waals surface area contributed by atoms with Crippen molar-refractivity contribution in [3.05, 3.63) is 95.1 Å². The molecule has 3 amide bonds. The van der Waals surface area contributed by atoms with E-state index in [0.717, 1.165) is 22.3 Å². The van der Waals surface area contributed by atoms with E-state index in [1.165, 1.54) is 16.7 Å². The van der Waals surface area contributed by atoms with E-state index >= 15 is 0 Å². The summed E-state index contributed by atoms with van der Waals surface area (Å²) < 4.78 is 5.21. The molecule has 0 aromatic heterocycles. The van der Waals surface area contributed by atoms with Crippen molar-refractivity contribution in [1.29, 1.82) is 0 Å². The first-order valence-corrected chi connectivity index (χ1v) is 11.5. The molecule has 4 aliphatic rings. The van der Waals surface area contributed by atoms with Crippen molar-refractivity contribution in [3.63, 3.8) is 0 Å². The molecule has 6 heteroatoms. The van der Waals surface area contributed by atoms with Gasteiger partial charge < -0.3 is 4.74 Å². The molecule has 6 nitrogen and oxygen atoms in total. The Labute approximate surface area is 197 Å².